The molecule has 1 heterocycles. The maximum atomic E-state index is 12.6. The van der Waals surface area contributed by atoms with Crippen LogP contribution in [0.1, 0.15) is 11.1 Å². The molecule has 0 saturated heterocycles. The third-order valence-corrected chi connectivity index (χ3v) is 2.46. The van der Waals surface area contributed by atoms with Gasteiger partial charge in [-0.25, -0.2) is 4.98 Å². The van der Waals surface area contributed by atoms with Gasteiger partial charge in [-0.1, -0.05) is 12.1 Å². The largest absolute Gasteiger partial charge is 0.416 e. The molecule has 0 amide bonds. The molecule has 0 aliphatic heterocycles. The van der Waals surface area contributed by atoms with Gasteiger partial charge in [0.05, 0.1) is 5.56 Å². The summed E-state index contributed by atoms with van der Waals surface area (Å²) < 4.78 is 37.9. The van der Waals surface area contributed by atoms with E-state index in [2.05, 4.69) is 10.3 Å². The highest BCUT2D eigenvalue weighted by atomic mass is 19.4. The predicted octanol–water partition coefficient (Wildman–Crippen LogP) is 3.73. The number of rotatable bonds is 2. The van der Waals surface area contributed by atoms with Crippen molar-refractivity contribution in [3.05, 3.63) is 47.5 Å². The second-order valence-corrected chi connectivity index (χ2v) is 4.16. The van der Waals surface area contributed by atoms with Gasteiger partial charge < -0.3 is 11.1 Å². The van der Waals surface area contributed by atoms with E-state index in [-0.39, 0.29) is 11.6 Å². The maximum absolute atomic E-state index is 12.6. The zero-order chi connectivity index (χ0) is 14.0. The van der Waals surface area contributed by atoms with Gasteiger partial charge >= 0.3 is 6.18 Å². The van der Waals surface area contributed by atoms with E-state index >= 15 is 0 Å². The number of aryl methyl sites for hydroxylation is 1. The summed E-state index contributed by atoms with van der Waals surface area (Å²) in [5.74, 6) is -0.108. The first-order chi connectivity index (χ1) is 8.84. The van der Waals surface area contributed by atoms with Gasteiger partial charge in [0.15, 0.2) is 0 Å². The number of nitrogen functional groups attached to an aromatic ring is 1. The molecule has 3 nitrogen and oxygen atoms in total. The molecule has 6 heteroatoms. The van der Waals surface area contributed by atoms with E-state index in [4.69, 9.17) is 5.73 Å². The van der Waals surface area contributed by atoms with Crippen LogP contribution in [0.15, 0.2) is 36.4 Å². The van der Waals surface area contributed by atoms with E-state index < -0.39 is 11.7 Å². The van der Waals surface area contributed by atoms with Crippen molar-refractivity contribution >= 4 is 17.3 Å². The number of benzene rings is 1. The molecule has 0 unspecified atom stereocenters. The van der Waals surface area contributed by atoms with Gasteiger partial charge in [0.25, 0.3) is 0 Å². The van der Waals surface area contributed by atoms with Crippen LogP contribution in [0, 0.1) is 6.92 Å². The van der Waals surface area contributed by atoms with E-state index in [1.807, 2.05) is 13.0 Å². The topological polar surface area (TPSA) is 50.9 Å². The Morgan fingerprint density at radius 2 is 1.89 bits per heavy atom. The van der Waals surface area contributed by atoms with Crippen LogP contribution in [0.2, 0.25) is 0 Å². The van der Waals surface area contributed by atoms with Crippen molar-refractivity contribution in [3.63, 3.8) is 0 Å². The van der Waals surface area contributed by atoms with Crippen LogP contribution in [-0.4, -0.2) is 4.98 Å². The second kappa shape index (κ2) is 4.79. The maximum Gasteiger partial charge on any atom is 0.416 e. The smallest absolute Gasteiger partial charge is 0.384 e. The van der Waals surface area contributed by atoms with Crippen LogP contribution in [0.25, 0.3) is 0 Å². The lowest BCUT2D eigenvalue weighted by atomic mass is 10.2. The standard InChI is InChI=1S/C13H12F3N3/c1-8-3-2-4-10(5-8)18-12-7-9(13(14,15)16)6-11(17)19-12/h2-7H,1H3,(H3,17,18,19). The molecule has 19 heavy (non-hydrogen) atoms. The van der Waals surface area contributed by atoms with E-state index in [1.54, 1.807) is 18.2 Å². The molecule has 0 saturated carbocycles. The molecule has 2 rings (SSSR count). The van der Waals surface area contributed by atoms with Crippen LogP contribution in [0.3, 0.4) is 0 Å². The molecule has 100 valence electrons. The first-order valence-electron chi connectivity index (χ1n) is 5.53. The molecule has 0 fully saturated rings. The minimum absolute atomic E-state index is 0.0675. The van der Waals surface area contributed by atoms with Crippen LogP contribution in [-0.2, 0) is 6.18 Å². The summed E-state index contributed by atoms with van der Waals surface area (Å²) >= 11 is 0. The summed E-state index contributed by atoms with van der Waals surface area (Å²) in [5.41, 5.74) is 6.21. The van der Waals surface area contributed by atoms with Crippen molar-refractivity contribution in [2.45, 2.75) is 13.1 Å². The number of pyridine rings is 1. The molecule has 0 aliphatic rings. The molecule has 0 radical (unpaired) electrons. The molecular formula is C13H12F3N3. The van der Waals surface area contributed by atoms with Crippen molar-refractivity contribution < 1.29 is 13.2 Å². The quantitative estimate of drug-likeness (QED) is 0.871. The monoisotopic (exact) mass is 267 g/mol. The van der Waals surface area contributed by atoms with Gasteiger partial charge in [-0.2, -0.15) is 13.2 Å². The SMILES string of the molecule is Cc1cccc(Nc2cc(C(F)(F)F)cc(N)n2)c1. The lowest BCUT2D eigenvalue weighted by Gasteiger charge is -2.11. The highest BCUT2D eigenvalue weighted by Gasteiger charge is 2.31. The average Bonchev–Trinajstić information content (AvgIpc) is 2.26. The van der Waals surface area contributed by atoms with Crippen molar-refractivity contribution in [2.24, 2.45) is 0 Å². The number of nitrogens with zero attached hydrogens (tertiary/aromatic N) is 1. The Labute approximate surface area is 108 Å². The molecule has 3 N–H and O–H groups in total. The van der Waals surface area contributed by atoms with Crippen LogP contribution < -0.4 is 11.1 Å². The number of nitrogens with one attached hydrogen (secondary N) is 1. The van der Waals surface area contributed by atoms with E-state index in [0.29, 0.717) is 5.69 Å². The molecule has 0 atom stereocenters. The Morgan fingerprint density at radius 1 is 1.16 bits per heavy atom. The van der Waals surface area contributed by atoms with Crippen LogP contribution in [0.4, 0.5) is 30.5 Å². The fraction of sp³-hybridized carbons (Fsp3) is 0.154. The molecular weight excluding hydrogens is 255 g/mol. The van der Waals surface area contributed by atoms with Gasteiger partial charge in [-0.3, -0.25) is 0 Å². The Bertz CT molecular complexity index is 594. The van der Waals surface area contributed by atoms with Gasteiger partial charge in [-0.15, -0.1) is 0 Å². The molecule has 0 bridgehead atoms. The molecule has 2 aromatic rings. The lowest BCUT2D eigenvalue weighted by molar-refractivity contribution is -0.137. The number of alkyl halides is 3. The van der Waals surface area contributed by atoms with Crippen molar-refractivity contribution in [3.8, 4) is 0 Å². The van der Waals surface area contributed by atoms with E-state index in [0.717, 1.165) is 17.7 Å². The normalized spacial score (nSPS) is 11.4. The van der Waals surface area contributed by atoms with Crippen LogP contribution in [0.5, 0.6) is 0 Å². The fourth-order valence-electron chi connectivity index (χ4n) is 1.65. The van der Waals surface area contributed by atoms with Gasteiger partial charge in [0, 0.05) is 5.69 Å². The zero-order valence-electron chi connectivity index (χ0n) is 10.1. The summed E-state index contributed by atoms with van der Waals surface area (Å²) in [4.78, 5) is 3.84. The fourth-order valence-corrected chi connectivity index (χ4v) is 1.65. The number of halogens is 3. The van der Waals surface area contributed by atoms with Gasteiger partial charge in [-0.05, 0) is 36.8 Å². The van der Waals surface area contributed by atoms with Gasteiger partial charge in [0.2, 0.25) is 0 Å². The zero-order valence-corrected chi connectivity index (χ0v) is 10.1. The lowest BCUT2D eigenvalue weighted by Crippen LogP contribution is -2.08. The minimum atomic E-state index is -4.44. The number of hydrogen-bond donors (Lipinski definition) is 2. The number of hydrogen-bond acceptors (Lipinski definition) is 3. The predicted molar refractivity (Wildman–Crippen MR) is 68.1 cm³/mol. The first kappa shape index (κ1) is 13.2. The minimum Gasteiger partial charge on any atom is -0.384 e. The summed E-state index contributed by atoms with van der Waals surface area (Å²) in [6.07, 6.45) is -4.44. The summed E-state index contributed by atoms with van der Waals surface area (Å²) in [6, 6.07) is 8.97. The van der Waals surface area contributed by atoms with Crippen molar-refractivity contribution in [1.29, 1.82) is 0 Å². The number of aromatic nitrogens is 1. The third kappa shape index (κ3) is 3.37. The Balaban J connectivity index is 2.33. The molecule has 0 aliphatic carbocycles. The van der Waals surface area contributed by atoms with E-state index in [1.165, 1.54) is 0 Å². The summed E-state index contributed by atoms with van der Waals surface area (Å²) in [5, 5.41) is 2.81. The Kier molecular flexibility index (Phi) is 3.33. The molecule has 1 aromatic heterocycles. The first-order valence-corrected chi connectivity index (χ1v) is 5.53. The summed E-state index contributed by atoms with van der Waals surface area (Å²) in [7, 11) is 0. The highest BCUT2D eigenvalue weighted by molar-refractivity contribution is 5.59. The molecule has 1 aromatic carbocycles. The van der Waals surface area contributed by atoms with Gasteiger partial charge in [0.1, 0.15) is 11.6 Å². The second-order valence-electron chi connectivity index (χ2n) is 4.16. The highest BCUT2D eigenvalue weighted by Crippen LogP contribution is 2.32. The Morgan fingerprint density at radius 3 is 2.53 bits per heavy atom. The number of anilines is 3. The molecule has 0 spiro atoms. The van der Waals surface area contributed by atoms with E-state index in [9.17, 15) is 13.2 Å². The van der Waals surface area contributed by atoms with Crippen molar-refractivity contribution in [2.75, 3.05) is 11.1 Å². The number of nitrogens with two attached hydrogens (primary N) is 1. The van der Waals surface area contributed by atoms with Crippen molar-refractivity contribution in [1.82, 2.24) is 4.98 Å². The van der Waals surface area contributed by atoms with Crippen LogP contribution >= 0.6 is 0 Å². The third-order valence-electron chi connectivity index (χ3n) is 2.46. The summed E-state index contributed by atoms with van der Waals surface area (Å²) in [6.45, 7) is 1.89. The average molecular weight is 267 g/mol. The Hall–Kier alpha value is -2.24.